The maximum atomic E-state index is 5.96. The molecule has 1 aromatic heterocycles. The summed E-state index contributed by atoms with van der Waals surface area (Å²) in [5.74, 6) is 0.849. The van der Waals surface area contributed by atoms with Crippen molar-refractivity contribution in [1.82, 2.24) is 4.98 Å². The lowest BCUT2D eigenvalue weighted by molar-refractivity contribution is 0.344. The molecule has 17 heavy (non-hydrogen) atoms. The monoisotopic (exact) mass is 230 g/mol. The van der Waals surface area contributed by atoms with Gasteiger partial charge in [0, 0.05) is 6.54 Å². The van der Waals surface area contributed by atoms with Crippen LogP contribution < -0.4 is 5.73 Å². The van der Waals surface area contributed by atoms with Crippen molar-refractivity contribution in [3.05, 3.63) is 29.7 Å². The van der Waals surface area contributed by atoms with E-state index in [1.165, 1.54) is 18.4 Å². The van der Waals surface area contributed by atoms with Gasteiger partial charge >= 0.3 is 0 Å². The summed E-state index contributed by atoms with van der Waals surface area (Å²) in [6.07, 6.45) is 4.68. The Morgan fingerprint density at radius 3 is 2.76 bits per heavy atom. The Labute approximate surface area is 101 Å². The quantitative estimate of drug-likeness (QED) is 0.863. The van der Waals surface area contributed by atoms with Crippen LogP contribution in [-0.2, 0) is 5.41 Å². The maximum absolute atomic E-state index is 5.96. The summed E-state index contributed by atoms with van der Waals surface area (Å²) >= 11 is 0. The van der Waals surface area contributed by atoms with Crippen molar-refractivity contribution >= 4 is 11.1 Å². The third kappa shape index (κ3) is 1.57. The number of rotatable bonds is 2. The summed E-state index contributed by atoms with van der Waals surface area (Å²) in [5, 5.41) is 0. The zero-order valence-electron chi connectivity index (χ0n) is 10.2. The number of hydrogen-bond acceptors (Lipinski definition) is 3. The SMILES string of the molecule is Cc1cccc2oc(C3(CN)CCCC3)nc12. The van der Waals surface area contributed by atoms with E-state index in [2.05, 4.69) is 13.0 Å². The Morgan fingerprint density at radius 1 is 1.35 bits per heavy atom. The molecule has 0 atom stereocenters. The number of nitrogens with two attached hydrogens (primary N) is 1. The number of oxazole rings is 1. The first kappa shape index (κ1) is 10.8. The Hall–Kier alpha value is -1.35. The van der Waals surface area contributed by atoms with Gasteiger partial charge in [-0.25, -0.2) is 4.98 Å². The first-order valence-electron chi connectivity index (χ1n) is 6.32. The van der Waals surface area contributed by atoms with Crippen LogP contribution in [-0.4, -0.2) is 11.5 Å². The van der Waals surface area contributed by atoms with E-state index in [9.17, 15) is 0 Å². The molecule has 0 spiro atoms. The molecule has 1 heterocycles. The first-order chi connectivity index (χ1) is 8.25. The van der Waals surface area contributed by atoms with Crippen molar-refractivity contribution < 1.29 is 4.42 Å². The van der Waals surface area contributed by atoms with Gasteiger partial charge in [-0.3, -0.25) is 0 Å². The molecule has 90 valence electrons. The minimum Gasteiger partial charge on any atom is -0.440 e. The predicted molar refractivity (Wildman–Crippen MR) is 67.9 cm³/mol. The van der Waals surface area contributed by atoms with Crippen LogP contribution in [0.3, 0.4) is 0 Å². The highest BCUT2D eigenvalue weighted by molar-refractivity contribution is 5.76. The molecular formula is C14H18N2O. The second-order valence-corrected chi connectivity index (χ2v) is 5.13. The van der Waals surface area contributed by atoms with Gasteiger partial charge in [0.05, 0.1) is 5.41 Å². The molecular weight excluding hydrogens is 212 g/mol. The molecule has 0 bridgehead atoms. The van der Waals surface area contributed by atoms with Crippen molar-refractivity contribution in [3.63, 3.8) is 0 Å². The van der Waals surface area contributed by atoms with E-state index in [0.29, 0.717) is 6.54 Å². The topological polar surface area (TPSA) is 52.0 Å². The number of para-hydroxylation sites is 1. The molecule has 0 unspecified atom stereocenters. The number of fused-ring (bicyclic) bond motifs is 1. The third-order valence-electron chi connectivity index (χ3n) is 4.03. The van der Waals surface area contributed by atoms with Crippen LogP contribution in [0.4, 0.5) is 0 Å². The Kier molecular flexibility index (Phi) is 2.44. The van der Waals surface area contributed by atoms with E-state index in [1.807, 2.05) is 12.1 Å². The van der Waals surface area contributed by atoms with E-state index in [1.54, 1.807) is 0 Å². The van der Waals surface area contributed by atoms with E-state index >= 15 is 0 Å². The molecule has 0 amide bonds. The van der Waals surface area contributed by atoms with Crippen LogP contribution >= 0.6 is 0 Å². The molecule has 3 rings (SSSR count). The largest absolute Gasteiger partial charge is 0.440 e. The fraction of sp³-hybridized carbons (Fsp3) is 0.500. The van der Waals surface area contributed by atoms with Crippen LogP contribution in [0.25, 0.3) is 11.1 Å². The molecule has 1 aromatic carbocycles. The van der Waals surface area contributed by atoms with Gasteiger partial charge in [0.15, 0.2) is 5.58 Å². The lowest BCUT2D eigenvalue weighted by Gasteiger charge is -2.22. The summed E-state index contributed by atoms with van der Waals surface area (Å²) in [7, 11) is 0. The van der Waals surface area contributed by atoms with Crippen LogP contribution in [0.2, 0.25) is 0 Å². The molecule has 1 aliphatic carbocycles. The summed E-state index contributed by atoms with van der Waals surface area (Å²) in [5.41, 5.74) is 9.00. The molecule has 3 nitrogen and oxygen atoms in total. The van der Waals surface area contributed by atoms with E-state index in [0.717, 1.165) is 29.8 Å². The smallest absolute Gasteiger partial charge is 0.202 e. The number of hydrogen-bond donors (Lipinski definition) is 1. The van der Waals surface area contributed by atoms with Gasteiger partial charge < -0.3 is 10.2 Å². The lowest BCUT2D eigenvalue weighted by Crippen LogP contribution is -2.32. The van der Waals surface area contributed by atoms with Crippen molar-refractivity contribution in [3.8, 4) is 0 Å². The summed E-state index contributed by atoms with van der Waals surface area (Å²) < 4.78 is 5.94. The molecule has 3 heteroatoms. The second-order valence-electron chi connectivity index (χ2n) is 5.13. The first-order valence-corrected chi connectivity index (χ1v) is 6.32. The van der Waals surface area contributed by atoms with Gasteiger partial charge in [0.25, 0.3) is 0 Å². The summed E-state index contributed by atoms with van der Waals surface area (Å²) in [4.78, 5) is 4.69. The molecule has 0 aliphatic heterocycles. The molecule has 1 saturated carbocycles. The van der Waals surface area contributed by atoms with Gasteiger partial charge in [0.2, 0.25) is 5.89 Å². The molecule has 1 aliphatic rings. The van der Waals surface area contributed by atoms with Crippen LogP contribution in [0.1, 0.15) is 37.1 Å². The fourth-order valence-corrected chi connectivity index (χ4v) is 2.87. The van der Waals surface area contributed by atoms with E-state index in [4.69, 9.17) is 15.1 Å². The van der Waals surface area contributed by atoms with Crippen molar-refractivity contribution in [2.75, 3.05) is 6.54 Å². The van der Waals surface area contributed by atoms with E-state index in [-0.39, 0.29) is 5.41 Å². The summed E-state index contributed by atoms with van der Waals surface area (Å²) in [6, 6.07) is 6.06. The van der Waals surface area contributed by atoms with Gasteiger partial charge in [-0.2, -0.15) is 0 Å². The third-order valence-corrected chi connectivity index (χ3v) is 4.03. The maximum Gasteiger partial charge on any atom is 0.202 e. The highest BCUT2D eigenvalue weighted by Gasteiger charge is 2.39. The van der Waals surface area contributed by atoms with Crippen molar-refractivity contribution in [2.45, 2.75) is 38.0 Å². The normalized spacial score (nSPS) is 18.9. The average molecular weight is 230 g/mol. The standard InChI is InChI=1S/C14H18N2O/c1-10-5-4-6-11-12(10)16-13(17-11)14(9-15)7-2-3-8-14/h4-6H,2-3,7-9,15H2,1H3. The minimum absolute atomic E-state index is 0.00847. The highest BCUT2D eigenvalue weighted by atomic mass is 16.3. The predicted octanol–water partition coefficient (Wildman–Crippen LogP) is 2.91. The fourth-order valence-electron chi connectivity index (χ4n) is 2.87. The Bertz CT molecular complexity index is 538. The molecule has 1 fully saturated rings. The number of aryl methyl sites for hydroxylation is 1. The van der Waals surface area contributed by atoms with Gasteiger partial charge in [-0.1, -0.05) is 25.0 Å². The lowest BCUT2D eigenvalue weighted by atomic mass is 9.86. The zero-order valence-corrected chi connectivity index (χ0v) is 10.2. The van der Waals surface area contributed by atoms with Gasteiger partial charge in [-0.15, -0.1) is 0 Å². The minimum atomic E-state index is -0.00847. The Morgan fingerprint density at radius 2 is 2.12 bits per heavy atom. The number of nitrogens with zero attached hydrogens (tertiary/aromatic N) is 1. The van der Waals surface area contributed by atoms with Crippen LogP contribution in [0.15, 0.2) is 22.6 Å². The number of aromatic nitrogens is 1. The van der Waals surface area contributed by atoms with Gasteiger partial charge in [-0.05, 0) is 31.4 Å². The molecule has 2 N–H and O–H groups in total. The van der Waals surface area contributed by atoms with Crippen LogP contribution in [0.5, 0.6) is 0 Å². The molecule has 0 radical (unpaired) electrons. The second kappa shape index (κ2) is 3.84. The molecule has 2 aromatic rings. The molecule has 0 saturated heterocycles. The highest BCUT2D eigenvalue weighted by Crippen LogP contribution is 2.40. The van der Waals surface area contributed by atoms with Crippen molar-refractivity contribution in [1.29, 1.82) is 0 Å². The number of benzene rings is 1. The van der Waals surface area contributed by atoms with E-state index < -0.39 is 0 Å². The Balaban J connectivity index is 2.14. The van der Waals surface area contributed by atoms with Gasteiger partial charge in [0.1, 0.15) is 5.52 Å². The summed E-state index contributed by atoms with van der Waals surface area (Å²) in [6.45, 7) is 2.71. The zero-order chi connectivity index (χ0) is 11.9. The van der Waals surface area contributed by atoms with Crippen molar-refractivity contribution in [2.24, 2.45) is 5.73 Å². The van der Waals surface area contributed by atoms with Crippen LogP contribution in [0, 0.1) is 6.92 Å². The average Bonchev–Trinajstić information content (AvgIpc) is 2.96.